The fraction of sp³-hybridized carbons (Fsp3) is 0.300. The zero-order chi connectivity index (χ0) is 9.52. The minimum absolute atomic E-state index is 0.474. The Balaban J connectivity index is 2.36. The van der Waals surface area contributed by atoms with E-state index in [1.54, 1.807) is 14.0 Å². The maximum Gasteiger partial charge on any atom is 0.222 e. The van der Waals surface area contributed by atoms with E-state index in [1.165, 1.54) is 0 Å². The summed E-state index contributed by atoms with van der Waals surface area (Å²) in [6.07, 6.45) is 0. The first kappa shape index (κ1) is 9.58. The Bertz CT molecular complexity index is 270. The third kappa shape index (κ3) is 3.60. The maximum atomic E-state index is 5.04. The normalized spacial score (nSPS) is 11.1. The summed E-state index contributed by atoms with van der Waals surface area (Å²) in [5, 5.41) is 3.73. The summed E-state index contributed by atoms with van der Waals surface area (Å²) < 4.78 is 4.81. The third-order valence-corrected chi connectivity index (χ3v) is 1.56. The zero-order valence-electron chi connectivity index (χ0n) is 7.86. The van der Waals surface area contributed by atoms with Crippen molar-refractivity contribution >= 4 is 5.90 Å². The molecule has 13 heavy (non-hydrogen) atoms. The minimum Gasteiger partial charge on any atom is -0.482 e. The van der Waals surface area contributed by atoms with E-state index in [2.05, 4.69) is 5.16 Å². The molecule has 0 saturated carbocycles. The van der Waals surface area contributed by atoms with E-state index < -0.39 is 0 Å². The van der Waals surface area contributed by atoms with Crippen LogP contribution in [0.4, 0.5) is 0 Å². The Morgan fingerprint density at radius 1 is 1.31 bits per heavy atom. The molecule has 1 rings (SSSR count). The van der Waals surface area contributed by atoms with Gasteiger partial charge in [-0.05, 0) is 5.56 Å². The third-order valence-electron chi connectivity index (χ3n) is 1.56. The molecule has 0 aliphatic carbocycles. The predicted molar refractivity (Wildman–Crippen MR) is 51.3 cm³/mol. The van der Waals surface area contributed by atoms with Crippen LogP contribution in [0.5, 0.6) is 0 Å². The summed E-state index contributed by atoms with van der Waals surface area (Å²) in [4.78, 5) is 5.04. The molecule has 0 atom stereocenters. The largest absolute Gasteiger partial charge is 0.482 e. The van der Waals surface area contributed by atoms with Crippen LogP contribution in [-0.4, -0.2) is 13.0 Å². The average Bonchev–Trinajstić information content (AvgIpc) is 2.19. The molecule has 0 aliphatic heterocycles. The lowest BCUT2D eigenvalue weighted by atomic mass is 10.2. The van der Waals surface area contributed by atoms with Crippen LogP contribution in [0.2, 0.25) is 0 Å². The minimum atomic E-state index is 0.474. The molecule has 3 heteroatoms. The van der Waals surface area contributed by atoms with Crippen LogP contribution in [0.3, 0.4) is 0 Å². The number of methoxy groups -OCH3 is 1. The van der Waals surface area contributed by atoms with Gasteiger partial charge in [-0.1, -0.05) is 35.5 Å². The SMILES string of the molecule is CO/C(C)=N/OCc1ccccc1. The van der Waals surface area contributed by atoms with Gasteiger partial charge in [0.2, 0.25) is 5.90 Å². The number of nitrogens with zero attached hydrogens (tertiary/aromatic N) is 1. The first-order valence-corrected chi connectivity index (χ1v) is 4.07. The summed E-state index contributed by atoms with van der Waals surface area (Å²) in [5.74, 6) is 0.524. The molecule has 0 radical (unpaired) electrons. The fourth-order valence-electron chi connectivity index (χ4n) is 0.809. The van der Waals surface area contributed by atoms with Crippen molar-refractivity contribution in [2.75, 3.05) is 7.11 Å². The standard InChI is InChI=1S/C10H13NO2/c1-9(12-2)11-13-8-10-6-4-3-5-7-10/h3-7H,8H2,1-2H3/b11-9+. The zero-order valence-corrected chi connectivity index (χ0v) is 7.86. The van der Waals surface area contributed by atoms with Gasteiger partial charge in [0.25, 0.3) is 0 Å². The van der Waals surface area contributed by atoms with E-state index in [9.17, 15) is 0 Å². The van der Waals surface area contributed by atoms with Crippen molar-refractivity contribution in [1.29, 1.82) is 0 Å². The molecule has 70 valence electrons. The van der Waals surface area contributed by atoms with Crippen LogP contribution in [0.15, 0.2) is 35.5 Å². The van der Waals surface area contributed by atoms with Gasteiger partial charge < -0.3 is 9.57 Å². The van der Waals surface area contributed by atoms with Gasteiger partial charge in [0, 0.05) is 6.92 Å². The van der Waals surface area contributed by atoms with Crippen molar-refractivity contribution in [1.82, 2.24) is 0 Å². The monoisotopic (exact) mass is 179 g/mol. The highest BCUT2D eigenvalue weighted by molar-refractivity contribution is 5.72. The Hall–Kier alpha value is -1.51. The molecule has 0 saturated heterocycles. The summed E-state index contributed by atoms with van der Waals surface area (Å²) in [7, 11) is 1.56. The first-order chi connectivity index (χ1) is 6.33. The van der Waals surface area contributed by atoms with Crippen LogP contribution in [0.1, 0.15) is 12.5 Å². The van der Waals surface area contributed by atoms with Crippen LogP contribution in [0.25, 0.3) is 0 Å². The lowest BCUT2D eigenvalue weighted by Crippen LogP contribution is -1.95. The number of ether oxygens (including phenoxy) is 1. The molecular weight excluding hydrogens is 166 g/mol. The van der Waals surface area contributed by atoms with Crippen LogP contribution >= 0.6 is 0 Å². The van der Waals surface area contributed by atoms with Gasteiger partial charge >= 0.3 is 0 Å². The van der Waals surface area contributed by atoms with E-state index in [0.717, 1.165) is 5.56 Å². The molecule has 0 amide bonds. The van der Waals surface area contributed by atoms with Crippen molar-refractivity contribution in [3.8, 4) is 0 Å². The highest BCUT2D eigenvalue weighted by Gasteiger charge is 1.90. The van der Waals surface area contributed by atoms with Gasteiger partial charge in [-0.3, -0.25) is 0 Å². The summed E-state index contributed by atoms with van der Waals surface area (Å²) in [6, 6.07) is 9.86. The number of oxime groups is 1. The lowest BCUT2D eigenvalue weighted by molar-refractivity contribution is 0.122. The van der Waals surface area contributed by atoms with E-state index in [1.807, 2.05) is 30.3 Å². The Kier molecular flexibility index (Phi) is 3.82. The van der Waals surface area contributed by atoms with Gasteiger partial charge in [0.05, 0.1) is 7.11 Å². The van der Waals surface area contributed by atoms with E-state index in [4.69, 9.17) is 9.57 Å². The topological polar surface area (TPSA) is 30.8 Å². The molecular formula is C10H13NO2. The Labute approximate surface area is 78.0 Å². The summed E-state index contributed by atoms with van der Waals surface area (Å²) in [5.41, 5.74) is 1.09. The van der Waals surface area contributed by atoms with Gasteiger partial charge in [-0.15, -0.1) is 0 Å². The van der Waals surface area contributed by atoms with Crippen molar-refractivity contribution in [3.05, 3.63) is 35.9 Å². The molecule has 0 fully saturated rings. The summed E-state index contributed by atoms with van der Waals surface area (Å²) in [6.45, 7) is 2.21. The molecule has 1 aromatic rings. The number of hydrogen-bond acceptors (Lipinski definition) is 3. The molecule has 0 aromatic heterocycles. The summed E-state index contributed by atoms with van der Waals surface area (Å²) >= 11 is 0. The first-order valence-electron chi connectivity index (χ1n) is 4.07. The quantitative estimate of drug-likeness (QED) is 0.404. The van der Waals surface area contributed by atoms with Crippen molar-refractivity contribution in [3.63, 3.8) is 0 Å². The number of benzene rings is 1. The molecule has 0 N–H and O–H groups in total. The maximum absolute atomic E-state index is 5.04. The molecule has 0 aliphatic rings. The van der Waals surface area contributed by atoms with Crippen LogP contribution in [-0.2, 0) is 16.2 Å². The van der Waals surface area contributed by atoms with Crippen molar-refractivity contribution in [2.45, 2.75) is 13.5 Å². The van der Waals surface area contributed by atoms with E-state index in [0.29, 0.717) is 12.5 Å². The van der Waals surface area contributed by atoms with Gasteiger partial charge in [0.15, 0.2) is 0 Å². The number of hydrogen-bond donors (Lipinski definition) is 0. The Morgan fingerprint density at radius 2 is 2.00 bits per heavy atom. The highest BCUT2D eigenvalue weighted by Crippen LogP contribution is 2.00. The highest BCUT2D eigenvalue weighted by atomic mass is 16.6. The fourth-order valence-corrected chi connectivity index (χ4v) is 0.809. The van der Waals surface area contributed by atoms with Crippen LogP contribution < -0.4 is 0 Å². The van der Waals surface area contributed by atoms with Crippen LogP contribution in [0, 0.1) is 0 Å². The molecule has 3 nitrogen and oxygen atoms in total. The predicted octanol–water partition coefficient (Wildman–Crippen LogP) is 2.18. The van der Waals surface area contributed by atoms with E-state index >= 15 is 0 Å². The molecule has 0 spiro atoms. The molecule has 0 bridgehead atoms. The van der Waals surface area contributed by atoms with Crippen molar-refractivity contribution in [2.24, 2.45) is 5.16 Å². The second-order valence-corrected chi connectivity index (χ2v) is 2.57. The molecule has 0 heterocycles. The van der Waals surface area contributed by atoms with Gasteiger partial charge in [-0.2, -0.15) is 0 Å². The number of rotatable bonds is 3. The van der Waals surface area contributed by atoms with E-state index in [-0.39, 0.29) is 0 Å². The second-order valence-electron chi connectivity index (χ2n) is 2.57. The van der Waals surface area contributed by atoms with Gasteiger partial charge in [0.1, 0.15) is 6.61 Å². The lowest BCUT2D eigenvalue weighted by Gasteiger charge is -2.00. The van der Waals surface area contributed by atoms with Crippen molar-refractivity contribution < 1.29 is 9.57 Å². The average molecular weight is 179 g/mol. The smallest absolute Gasteiger partial charge is 0.222 e. The Morgan fingerprint density at radius 3 is 2.62 bits per heavy atom. The molecule has 1 aromatic carbocycles. The van der Waals surface area contributed by atoms with Gasteiger partial charge in [-0.25, -0.2) is 0 Å². The second kappa shape index (κ2) is 5.19. The molecule has 0 unspecified atom stereocenters.